The summed E-state index contributed by atoms with van der Waals surface area (Å²) >= 11 is 0. The first kappa shape index (κ1) is 16.5. The molecule has 0 radical (unpaired) electrons. The smallest absolute Gasteiger partial charge is 0.0435 e. The molecule has 0 spiro atoms. The molecule has 1 aliphatic rings. The molecule has 118 valence electrons. The molecule has 0 saturated heterocycles. The summed E-state index contributed by atoms with van der Waals surface area (Å²) in [5.74, 6) is 1.94. The lowest BCUT2D eigenvalue weighted by Gasteiger charge is -2.23. The fourth-order valence-electron chi connectivity index (χ4n) is 4.11. The Bertz CT molecular complexity index is 364. The van der Waals surface area contributed by atoms with E-state index in [4.69, 9.17) is 0 Å². The van der Waals surface area contributed by atoms with E-state index in [1.54, 1.807) is 0 Å². The summed E-state index contributed by atoms with van der Waals surface area (Å²) in [4.78, 5) is 4.61. The molecule has 0 aromatic carbocycles. The Morgan fingerprint density at radius 2 is 1.81 bits per heavy atom. The summed E-state index contributed by atoms with van der Waals surface area (Å²) in [5, 5.41) is 0. The molecule has 1 aliphatic carbocycles. The standard InChI is InChI=1S/C20H33N/c1-3-8-17(9-4-2)16-18-10-5-12-19-13-7-15-21-20(19)14-6-11-18/h7,13,15,17-18H,3-6,8-12,14,16H2,1-2H3. The predicted octanol–water partition coefficient (Wildman–Crippen LogP) is 5.96. The van der Waals surface area contributed by atoms with Crippen molar-refractivity contribution in [3.05, 3.63) is 29.6 Å². The van der Waals surface area contributed by atoms with E-state index < -0.39 is 0 Å². The molecule has 0 bridgehead atoms. The highest BCUT2D eigenvalue weighted by atomic mass is 14.7. The highest BCUT2D eigenvalue weighted by Gasteiger charge is 2.17. The molecule has 1 nitrogen and oxygen atoms in total. The fraction of sp³-hybridized carbons (Fsp3) is 0.750. The molecule has 0 amide bonds. The number of rotatable bonds is 6. The van der Waals surface area contributed by atoms with Crippen LogP contribution in [0.4, 0.5) is 0 Å². The normalized spacial score (nSPS) is 19.7. The highest BCUT2D eigenvalue weighted by Crippen LogP contribution is 2.30. The number of aryl methyl sites for hydroxylation is 2. The first-order chi connectivity index (χ1) is 10.3. The van der Waals surface area contributed by atoms with Crippen LogP contribution in [-0.2, 0) is 12.8 Å². The van der Waals surface area contributed by atoms with Gasteiger partial charge >= 0.3 is 0 Å². The van der Waals surface area contributed by atoms with Crippen LogP contribution in [0.1, 0.15) is 82.9 Å². The van der Waals surface area contributed by atoms with Crippen molar-refractivity contribution in [2.24, 2.45) is 11.8 Å². The molecule has 0 N–H and O–H groups in total. The van der Waals surface area contributed by atoms with Crippen LogP contribution in [0, 0.1) is 11.8 Å². The van der Waals surface area contributed by atoms with Gasteiger partial charge in [0.25, 0.3) is 0 Å². The van der Waals surface area contributed by atoms with Crippen LogP contribution in [0.2, 0.25) is 0 Å². The maximum absolute atomic E-state index is 4.61. The number of nitrogens with zero attached hydrogens (tertiary/aromatic N) is 1. The van der Waals surface area contributed by atoms with Crippen LogP contribution in [0.25, 0.3) is 0 Å². The third-order valence-corrected chi connectivity index (χ3v) is 5.13. The van der Waals surface area contributed by atoms with Crippen LogP contribution in [0.3, 0.4) is 0 Å². The van der Waals surface area contributed by atoms with Crippen molar-refractivity contribution in [3.63, 3.8) is 0 Å². The Balaban J connectivity index is 1.89. The van der Waals surface area contributed by atoms with E-state index in [1.807, 2.05) is 6.20 Å². The molecule has 1 aromatic heterocycles. The van der Waals surface area contributed by atoms with Crippen molar-refractivity contribution < 1.29 is 0 Å². The largest absolute Gasteiger partial charge is 0.261 e. The molecule has 2 rings (SSSR count). The average molecular weight is 287 g/mol. The average Bonchev–Trinajstić information content (AvgIpc) is 2.58. The van der Waals surface area contributed by atoms with Crippen molar-refractivity contribution in [1.29, 1.82) is 0 Å². The molecular weight excluding hydrogens is 254 g/mol. The number of fused-ring (bicyclic) bond motifs is 1. The lowest BCUT2D eigenvalue weighted by Crippen LogP contribution is -2.10. The molecule has 1 aromatic rings. The van der Waals surface area contributed by atoms with Gasteiger partial charge in [-0.25, -0.2) is 0 Å². The number of pyridine rings is 1. The van der Waals surface area contributed by atoms with Crippen molar-refractivity contribution in [3.8, 4) is 0 Å². The molecule has 1 unspecified atom stereocenters. The van der Waals surface area contributed by atoms with E-state index in [9.17, 15) is 0 Å². The van der Waals surface area contributed by atoms with Gasteiger partial charge in [-0.2, -0.15) is 0 Å². The Labute approximate surface area is 131 Å². The van der Waals surface area contributed by atoms with Gasteiger partial charge in [-0.15, -0.1) is 0 Å². The zero-order chi connectivity index (χ0) is 14.9. The Morgan fingerprint density at radius 3 is 2.52 bits per heavy atom. The van der Waals surface area contributed by atoms with Gasteiger partial charge in [-0.05, 0) is 55.6 Å². The van der Waals surface area contributed by atoms with E-state index in [2.05, 4.69) is 31.0 Å². The molecule has 0 aliphatic heterocycles. The van der Waals surface area contributed by atoms with Gasteiger partial charge < -0.3 is 0 Å². The summed E-state index contributed by atoms with van der Waals surface area (Å²) in [5.41, 5.74) is 2.88. The predicted molar refractivity (Wildman–Crippen MR) is 91.5 cm³/mol. The van der Waals surface area contributed by atoms with E-state index in [0.29, 0.717) is 0 Å². The number of hydrogen-bond acceptors (Lipinski definition) is 1. The minimum atomic E-state index is 0.961. The van der Waals surface area contributed by atoms with Crippen LogP contribution in [-0.4, -0.2) is 4.98 Å². The minimum absolute atomic E-state index is 0.961. The number of aromatic nitrogens is 1. The molecule has 0 fully saturated rings. The SMILES string of the molecule is CCCC(CCC)CC1CCCc2cccnc2CCC1. The Kier molecular flexibility index (Phi) is 7.26. The molecule has 1 heterocycles. The van der Waals surface area contributed by atoms with Gasteiger partial charge in [0, 0.05) is 11.9 Å². The molecular formula is C20H33N. The maximum atomic E-state index is 4.61. The monoisotopic (exact) mass is 287 g/mol. The van der Waals surface area contributed by atoms with Crippen molar-refractivity contribution >= 4 is 0 Å². The van der Waals surface area contributed by atoms with Crippen molar-refractivity contribution in [2.75, 3.05) is 0 Å². The van der Waals surface area contributed by atoms with E-state index in [0.717, 1.165) is 11.8 Å². The summed E-state index contributed by atoms with van der Waals surface area (Å²) in [6.45, 7) is 4.68. The second-order valence-electron chi connectivity index (χ2n) is 6.94. The van der Waals surface area contributed by atoms with E-state index in [1.165, 1.54) is 81.9 Å². The topological polar surface area (TPSA) is 12.9 Å². The second kappa shape index (κ2) is 9.23. The molecule has 21 heavy (non-hydrogen) atoms. The van der Waals surface area contributed by atoms with Gasteiger partial charge in [0.05, 0.1) is 0 Å². The first-order valence-electron chi connectivity index (χ1n) is 9.26. The van der Waals surface area contributed by atoms with E-state index in [-0.39, 0.29) is 0 Å². The van der Waals surface area contributed by atoms with Crippen molar-refractivity contribution in [1.82, 2.24) is 4.98 Å². The van der Waals surface area contributed by atoms with Gasteiger partial charge in [0.1, 0.15) is 0 Å². The second-order valence-corrected chi connectivity index (χ2v) is 6.94. The molecule has 0 saturated carbocycles. The summed E-state index contributed by atoms with van der Waals surface area (Å²) in [7, 11) is 0. The summed E-state index contributed by atoms with van der Waals surface area (Å²) < 4.78 is 0. The fourth-order valence-corrected chi connectivity index (χ4v) is 4.11. The summed E-state index contributed by atoms with van der Waals surface area (Å²) in [6, 6.07) is 4.40. The van der Waals surface area contributed by atoms with Gasteiger partial charge in [-0.3, -0.25) is 4.98 Å². The first-order valence-corrected chi connectivity index (χ1v) is 9.26. The number of hydrogen-bond donors (Lipinski definition) is 0. The van der Waals surface area contributed by atoms with Gasteiger partial charge in [0.2, 0.25) is 0 Å². The maximum Gasteiger partial charge on any atom is 0.0435 e. The van der Waals surface area contributed by atoms with Crippen LogP contribution < -0.4 is 0 Å². The third kappa shape index (κ3) is 5.45. The minimum Gasteiger partial charge on any atom is -0.261 e. The lowest BCUT2D eigenvalue weighted by atomic mass is 9.83. The van der Waals surface area contributed by atoms with Crippen LogP contribution in [0.5, 0.6) is 0 Å². The third-order valence-electron chi connectivity index (χ3n) is 5.13. The molecule has 1 atom stereocenters. The lowest BCUT2D eigenvalue weighted by molar-refractivity contribution is 0.297. The molecule has 1 heteroatoms. The Morgan fingerprint density at radius 1 is 1.10 bits per heavy atom. The Hall–Kier alpha value is -0.850. The zero-order valence-electron chi connectivity index (χ0n) is 14.1. The quantitative estimate of drug-likeness (QED) is 0.628. The van der Waals surface area contributed by atoms with Crippen LogP contribution >= 0.6 is 0 Å². The summed E-state index contributed by atoms with van der Waals surface area (Å²) in [6.07, 6.45) is 17.0. The van der Waals surface area contributed by atoms with Crippen LogP contribution in [0.15, 0.2) is 18.3 Å². The van der Waals surface area contributed by atoms with Crippen molar-refractivity contribution in [2.45, 2.75) is 84.5 Å². The highest BCUT2D eigenvalue weighted by molar-refractivity contribution is 5.20. The van der Waals surface area contributed by atoms with E-state index >= 15 is 0 Å². The van der Waals surface area contributed by atoms with Gasteiger partial charge in [0.15, 0.2) is 0 Å². The van der Waals surface area contributed by atoms with Gasteiger partial charge in [-0.1, -0.05) is 58.4 Å². The zero-order valence-corrected chi connectivity index (χ0v) is 14.1.